The Hall–Kier alpha value is -1.42. The Morgan fingerprint density at radius 2 is 2.09 bits per heavy atom. The van der Waals surface area contributed by atoms with Crippen LogP contribution in [-0.2, 0) is 10.2 Å². The van der Waals surface area contributed by atoms with Crippen LogP contribution in [0.3, 0.4) is 0 Å². The van der Waals surface area contributed by atoms with Gasteiger partial charge in [-0.15, -0.1) is 0 Å². The van der Waals surface area contributed by atoms with E-state index in [4.69, 9.17) is 5.73 Å². The van der Waals surface area contributed by atoms with E-state index < -0.39 is 5.41 Å². The summed E-state index contributed by atoms with van der Waals surface area (Å²) in [5.41, 5.74) is 6.08. The number of hydrogen-bond acceptors (Lipinski definition) is 2. The maximum atomic E-state index is 13.7. The summed E-state index contributed by atoms with van der Waals surface area (Å²) in [6.07, 6.45) is 5.89. The molecule has 1 unspecified atom stereocenters. The Bertz CT molecular complexity index is 540. The van der Waals surface area contributed by atoms with Crippen molar-refractivity contribution in [2.24, 2.45) is 11.7 Å². The molecule has 0 bridgehead atoms. The van der Waals surface area contributed by atoms with Crippen LogP contribution in [0.25, 0.3) is 0 Å². The van der Waals surface area contributed by atoms with Crippen LogP contribution in [0.4, 0.5) is 4.39 Å². The minimum atomic E-state index is -0.524. The lowest BCUT2D eigenvalue weighted by Gasteiger charge is -2.39. The fourth-order valence-corrected chi connectivity index (χ4v) is 4.08. The molecule has 22 heavy (non-hydrogen) atoms. The molecule has 3 rings (SSSR count). The van der Waals surface area contributed by atoms with E-state index in [0.29, 0.717) is 12.5 Å². The summed E-state index contributed by atoms with van der Waals surface area (Å²) in [5.74, 6) is 0.349. The second-order valence-corrected chi connectivity index (χ2v) is 6.79. The van der Waals surface area contributed by atoms with Crippen LogP contribution in [0.5, 0.6) is 0 Å². The molecule has 2 N–H and O–H groups in total. The second kappa shape index (κ2) is 6.37. The van der Waals surface area contributed by atoms with Gasteiger partial charge in [-0.2, -0.15) is 0 Å². The van der Waals surface area contributed by atoms with Crippen molar-refractivity contribution in [2.45, 2.75) is 43.9 Å². The molecule has 4 heteroatoms. The first-order chi connectivity index (χ1) is 10.7. The van der Waals surface area contributed by atoms with E-state index in [9.17, 15) is 9.18 Å². The Morgan fingerprint density at radius 3 is 2.73 bits per heavy atom. The molecule has 1 aliphatic carbocycles. The molecule has 0 aromatic heterocycles. The molecule has 1 heterocycles. The van der Waals surface area contributed by atoms with Gasteiger partial charge in [-0.05, 0) is 49.4 Å². The second-order valence-electron chi connectivity index (χ2n) is 6.79. The first kappa shape index (κ1) is 15.5. The van der Waals surface area contributed by atoms with Gasteiger partial charge in [0.2, 0.25) is 5.91 Å². The Balaban J connectivity index is 1.91. The molecule has 1 atom stereocenters. The summed E-state index contributed by atoms with van der Waals surface area (Å²) in [4.78, 5) is 15.2. The standard InChI is InChI=1S/C18H25FN2O/c19-16-6-4-5-15(11-16)18(8-2-1-3-9-18)17(22)21-10-7-14(12-20)13-21/h4-6,11,14H,1-3,7-10,12-13,20H2. The zero-order valence-corrected chi connectivity index (χ0v) is 13.1. The summed E-state index contributed by atoms with van der Waals surface area (Å²) in [6, 6.07) is 6.65. The van der Waals surface area contributed by atoms with Crippen LogP contribution in [-0.4, -0.2) is 30.4 Å². The van der Waals surface area contributed by atoms with Gasteiger partial charge >= 0.3 is 0 Å². The number of likely N-dealkylation sites (tertiary alicyclic amines) is 1. The summed E-state index contributed by atoms with van der Waals surface area (Å²) >= 11 is 0. The Labute approximate surface area is 131 Å². The van der Waals surface area contributed by atoms with Crippen molar-refractivity contribution in [3.63, 3.8) is 0 Å². The fraction of sp³-hybridized carbons (Fsp3) is 0.611. The molecule has 2 fully saturated rings. The number of rotatable bonds is 3. The number of benzene rings is 1. The molecule has 0 spiro atoms. The monoisotopic (exact) mass is 304 g/mol. The van der Waals surface area contributed by atoms with Crippen molar-refractivity contribution in [2.75, 3.05) is 19.6 Å². The molecule has 0 radical (unpaired) electrons. The molecule has 1 saturated carbocycles. The van der Waals surface area contributed by atoms with Gasteiger partial charge in [-0.3, -0.25) is 4.79 Å². The van der Waals surface area contributed by atoms with E-state index in [2.05, 4.69) is 0 Å². The third kappa shape index (κ3) is 2.76. The number of nitrogens with two attached hydrogens (primary N) is 1. The van der Waals surface area contributed by atoms with E-state index in [1.54, 1.807) is 12.1 Å². The molecule has 1 saturated heterocycles. The lowest BCUT2D eigenvalue weighted by molar-refractivity contribution is -0.138. The smallest absolute Gasteiger partial charge is 0.233 e. The van der Waals surface area contributed by atoms with Gasteiger partial charge in [0, 0.05) is 13.1 Å². The van der Waals surface area contributed by atoms with E-state index >= 15 is 0 Å². The van der Waals surface area contributed by atoms with Gasteiger partial charge < -0.3 is 10.6 Å². The number of carbonyl (C=O) groups is 1. The SMILES string of the molecule is NCC1CCN(C(=O)C2(c3cccc(F)c3)CCCCC2)C1. The third-order valence-corrected chi connectivity index (χ3v) is 5.40. The zero-order valence-electron chi connectivity index (χ0n) is 13.1. The predicted octanol–water partition coefficient (Wildman–Crippen LogP) is 2.83. The van der Waals surface area contributed by atoms with Crippen molar-refractivity contribution in [1.82, 2.24) is 4.90 Å². The minimum Gasteiger partial charge on any atom is -0.342 e. The molecule has 120 valence electrons. The van der Waals surface area contributed by atoms with Crippen LogP contribution in [0.2, 0.25) is 0 Å². The van der Waals surface area contributed by atoms with Gasteiger partial charge in [0.05, 0.1) is 5.41 Å². The number of amides is 1. The van der Waals surface area contributed by atoms with Crippen molar-refractivity contribution in [3.05, 3.63) is 35.6 Å². The average molecular weight is 304 g/mol. The lowest BCUT2D eigenvalue weighted by Crippen LogP contribution is -2.47. The van der Waals surface area contributed by atoms with Crippen LogP contribution in [0.1, 0.15) is 44.1 Å². The largest absolute Gasteiger partial charge is 0.342 e. The van der Waals surface area contributed by atoms with Gasteiger partial charge in [0.1, 0.15) is 5.82 Å². The Kier molecular flexibility index (Phi) is 4.48. The van der Waals surface area contributed by atoms with Gasteiger partial charge in [-0.1, -0.05) is 31.4 Å². The fourth-order valence-electron chi connectivity index (χ4n) is 4.08. The molecule has 1 amide bonds. The summed E-state index contributed by atoms with van der Waals surface area (Å²) < 4.78 is 13.7. The zero-order chi connectivity index (χ0) is 15.6. The van der Waals surface area contributed by atoms with Crippen molar-refractivity contribution in [3.8, 4) is 0 Å². The van der Waals surface area contributed by atoms with Gasteiger partial charge in [-0.25, -0.2) is 4.39 Å². The molecule has 1 aliphatic heterocycles. The quantitative estimate of drug-likeness (QED) is 0.933. The van der Waals surface area contributed by atoms with Crippen molar-refractivity contribution >= 4 is 5.91 Å². The highest BCUT2D eigenvalue weighted by molar-refractivity contribution is 5.88. The summed E-state index contributed by atoms with van der Waals surface area (Å²) in [5, 5.41) is 0. The normalized spacial score (nSPS) is 24.5. The first-order valence-electron chi connectivity index (χ1n) is 8.41. The predicted molar refractivity (Wildman–Crippen MR) is 84.9 cm³/mol. The molecule has 1 aromatic rings. The van der Waals surface area contributed by atoms with Crippen LogP contribution in [0.15, 0.2) is 24.3 Å². The maximum Gasteiger partial charge on any atom is 0.233 e. The van der Waals surface area contributed by atoms with E-state index in [1.165, 1.54) is 6.07 Å². The van der Waals surface area contributed by atoms with Crippen LogP contribution < -0.4 is 5.73 Å². The van der Waals surface area contributed by atoms with Gasteiger partial charge in [0.25, 0.3) is 0 Å². The third-order valence-electron chi connectivity index (χ3n) is 5.40. The van der Waals surface area contributed by atoms with Crippen LogP contribution >= 0.6 is 0 Å². The highest BCUT2D eigenvalue weighted by atomic mass is 19.1. The number of nitrogens with zero attached hydrogens (tertiary/aromatic N) is 1. The molecule has 3 nitrogen and oxygen atoms in total. The van der Waals surface area contributed by atoms with E-state index in [1.807, 2.05) is 11.0 Å². The topological polar surface area (TPSA) is 46.3 Å². The van der Waals surface area contributed by atoms with Crippen molar-refractivity contribution < 1.29 is 9.18 Å². The molecular formula is C18H25FN2O. The van der Waals surface area contributed by atoms with E-state index in [0.717, 1.165) is 57.2 Å². The lowest BCUT2D eigenvalue weighted by atomic mass is 9.68. The highest BCUT2D eigenvalue weighted by Gasteiger charge is 2.44. The van der Waals surface area contributed by atoms with Gasteiger partial charge in [0.15, 0.2) is 0 Å². The summed E-state index contributed by atoms with van der Waals surface area (Å²) in [7, 11) is 0. The number of hydrogen-bond donors (Lipinski definition) is 1. The number of halogens is 1. The highest BCUT2D eigenvalue weighted by Crippen LogP contribution is 2.42. The molecular weight excluding hydrogens is 279 g/mol. The van der Waals surface area contributed by atoms with Crippen LogP contribution in [0, 0.1) is 11.7 Å². The molecule has 2 aliphatic rings. The Morgan fingerprint density at radius 1 is 1.32 bits per heavy atom. The summed E-state index contributed by atoms with van der Waals surface area (Å²) in [6.45, 7) is 2.18. The first-order valence-corrected chi connectivity index (χ1v) is 8.41. The van der Waals surface area contributed by atoms with E-state index in [-0.39, 0.29) is 11.7 Å². The minimum absolute atomic E-state index is 0.189. The molecule has 1 aromatic carbocycles. The van der Waals surface area contributed by atoms with Crippen molar-refractivity contribution in [1.29, 1.82) is 0 Å². The number of carbonyl (C=O) groups excluding carboxylic acids is 1. The average Bonchev–Trinajstić information content (AvgIpc) is 3.04. The maximum absolute atomic E-state index is 13.7.